The van der Waals surface area contributed by atoms with E-state index < -0.39 is 5.97 Å². The average molecular weight is 378 g/mol. The summed E-state index contributed by atoms with van der Waals surface area (Å²) in [5.74, 6) is -0.741. The number of esters is 1. The van der Waals surface area contributed by atoms with Gasteiger partial charge >= 0.3 is 5.97 Å². The molecule has 0 aliphatic carbocycles. The molecule has 0 spiro atoms. The number of carbonyl (C=O) groups is 3. The minimum absolute atomic E-state index is 0.0423. The van der Waals surface area contributed by atoms with E-state index in [1.807, 2.05) is 17.5 Å². The quantitative estimate of drug-likeness (QED) is 0.321. The Morgan fingerprint density at radius 2 is 1.52 bits per heavy atom. The maximum absolute atomic E-state index is 12.7. The molecule has 0 aliphatic rings. The smallest absolute Gasteiger partial charge is 0.338 e. The maximum atomic E-state index is 12.7. The number of ketones is 2. The van der Waals surface area contributed by atoms with E-state index in [-0.39, 0.29) is 23.7 Å². The van der Waals surface area contributed by atoms with E-state index >= 15 is 0 Å². The van der Waals surface area contributed by atoms with Crippen LogP contribution in [0.3, 0.4) is 0 Å². The van der Waals surface area contributed by atoms with Crippen LogP contribution in [0.4, 0.5) is 0 Å². The lowest BCUT2D eigenvalue weighted by Gasteiger charge is -2.09. The van der Waals surface area contributed by atoms with Crippen LogP contribution >= 0.6 is 11.3 Å². The van der Waals surface area contributed by atoms with Gasteiger partial charge in [0.15, 0.2) is 11.6 Å². The standard InChI is InChI=1S/C22H18O4S/c23-19(20-13-7-15-27-20)12-6-14-26-22(25)18-11-5-4-10-17(18)21(24)16-8-2-1-3-9-16/h1-5,7-11,13,15H,6,12,14H2. The van der Waals surface area contributed by atoms with Crippen molar-refractivity contribution in [3.05, 3.63) is 93.7 Å². The van der Waals surface area contributed by atoms with Crippen molar-refractivity contribution < 1.29 is 19.1 Å². The zero-order valence-corrected chi connectivity index (χ0v) is 15.4. The third-order valence-electron chi connectivity index (χ3n) is 4.00. The first-order valence-corrected chi connectivity index (χ1v) is 9.47. The van der Waals surface area contributed by atoms with Crippen LogP contribution in [-0.2, 0) is 4.74 Å². The minimum Gasteiger partial charge on any atom is -0.462 e. The van der Waals surface area contributed by atoms with Gasteiger partial charge in [-0.1, -0.05) is 54.6 Å². The Hall–Kier alpha value is -3.05. The molecule has 0 amide bonds. The molecule has 2 aromatic carbocycles. The van der Waals surface area contributed by atoms with Gasteiger partial charge in [0.2, 0.25) is 0 Å². The highest BCUT2D eigenvalue weighted by Gasteiger charge is 2.19. The first-order chi connectivity index (χ1) is 13.2. The lowest BCUT2D eigenvalue weighted by Crippen LogP contribution is -2.13. The highest BCUT2D eigenvalue weighted by atomic mass is 32.1. The summed E-state index contributed by atoms with van der Waals surface area (Å²) < 4.78 is 5.28. The van der Waals surface area contributed by atoms with Crippen molar-refractivity contribution in [1.29, 1.82) is 0 Å². The first kappa shape index (κ1) is 18.7. The fourth-order valence-corrected chi connectivity index (χ4v) is 3.33. The molecule has 0 bridgehead atoms. The van der Waals surface area contributed by atoms with Crippen LogP contribution in [0.25, 0.3) is 0 Å². The van der Waals surface area contributed by atoms with Gasteiger partial charge in [0.1, 0.15) is 0 Å². The molecule has 0 unspecified atom stereocenters. The highest BCUT2D eigenvalue weighted by Crippen LogP contribution is 2.16. The summed E-state index contributed by atoms with van der Waals surface area (Å²) in [5.41, 5.74) is 1.05. The Morgan fingerprint density at radius 1 is 0.815 bits per heavy atom. The third kappa shape index (κ3) is 4.77. The molecule has 0 fully saturated rings. The van der Waals surface area contributed by atoms with Crippen LogP contribution in [0.15, 0.2) is 72.1 Å². The van der Waals surface area contributed by atoms with Gasteiger partial charge in [-0.05, 0) is 23.9 Å². The van der Waals surface area contributed by atoms with Gasteiger partial charge < -0.3 is 4.74 Å². The second-order valence-electron chi connectivity index (χ2n) is 5.88. The summed E-state index contributed by atoms with van der Waals surface area (Å²) in [6, 6.07) is 19.0. The van der Waals surface area contributed by atoms with Crippen molar-refractivity contribution in [2.24, 2.45) is 0 Å². The van der Waals surface area contributed by atoms with Gasteiger partial charge in [-0.3, -0.25) is 9.59 Å². The van der Waals surface area contributed by atoms with Gasteiger partial charge in [0.25, 0.3) is 0 Å². The second kappa shape index (κ2) is 9.05. The average Bonchev–Trinajstić information content (AvgIpc) is 3.26. The highest BCUT2D eigenvalue weighted by molar-refractivity contribution is 7.12. The number of hydrogen-bond acceptors (Lipinski definition) is 5. The molecule has 136 valence electrons. The summed E-state index contributed by atoms with van der Waals surface area (Å²) in [6.07, 6.45) is 0.760. The van der Waals surface area contributed by atoms with E-state index in [0.29, 0.717) is 28.8 Å². The second-order valence-corrected chi connectivity index (χ2v) is 6.83. The summed E-state index contributed by atoms with van der Waals surface area (Å²) in [4.78, 5) is 37.7. The van der Waals surface area contributed by atoms with E-state index in [2.05, 4.69) is 0 Å². The van der Waals surface area contributed by atoms with Gasteiger partial charge in [-0.25, -0.2) is 4.79 Å². The Bertz CT molecular complexity index is 930. The number of thiophene rings is 1. The van der Waals surface area contributed by atoms with Crippen LogP contribution in [0.2, 0.25) is 0 Å². The maximum Gasteiger partial charge on any atom is 0.338 e. The molecule has 5 heteroatoms. The SMILES string of the molecule is O=C(CCCOC(=O)c1ccccc1C(=O)c1ccccc1)c1cccs1. The Labute approximate surface area is 161 Å². The first-order valence-electron chi connectivity index (χ1n) is 8.59. The predicted molar refractivity (Wildman–Crippen MR) is 104 cm³/mol. The molecule has 3 rings (SSSR count). The molecule has 0 saturated carbocycles. The van der Waals surface area contributed by atoms with Crippen LogP contribution < -0.4 is 0 Å². The van der Waals surface area contributed by atoms with Crippen molar-refractivity contribution in [3.63, 3.8) is 0 Å². The molecule has 0 saturated heterocycles. The molecule has 0 radical (unpaired) electrons. The summed E-state index contributed by atoms with van der Waals surface area (Å²) in [5, 5.41) is 1.86. The normalized spacial score (nSPS) is 10.4. The van der Waals surface area contributed by atoms with E-state index in [1.165, 1.54) is 11.3 Å². The van der Waals surface area contributed by atoms with Crippen LogP contribution in [0.1, 0.15) is 48.8 Å². The van der Waals surface area contributed by atoms with Gasteiger partial charge in [0, 0.05) is 17.5 Å². The Morgan fingerprint density at radius 3 is 2.22 bits per heavy atom. The monoisotopic (exact) mass is 378 g/mol. The largest absolute Gasteiger partial charge is 0.462 e. The third-order valence-corrected chi connectivity index (χ3v) is 4.92. The molecule has 0 aliphatic heterocycles. The van der Waals surface area contributed by atoms with Gasteiger partial charge in [-0.2, -0.15) is 0 Å². The fraction of sp³-hybridized carbons (Fsp3) is 0.136. The van der Waals surface area contributed by atoms with Crippen LogP contribution in [-0.4, -0.2) is 24.1 Å². The number of carbonyl (C=O) groups excluding carboxylic acids is 3. The van der Waals surface area contributed by atoms with Crippen LogP contribution in [0, 0.1) is 0 Å². The lowest BCUT2D eigenvalue weighted by molar-refractivity contribution is 0.0491. The number of ether oxygens (including phenoxy) is 1. The molecule has 27 heavy (non-hydrogen) atoms. The van der Waals surface area contributed by atoms with Gasteiger partial charge in [0.05, 0.1) is 17.0 Å². The Balaban J connectivity index is 1.60. The molecule has 0 atom stereocenters. The number of benzene rings is 2. The Kier molecular flexibility index (Phi) is 6.28. The zero-order valence-electron chi connectivity index (χ0n) is 14.6. The summed E-state index contributed by atoms with van der Waals surface area (Å²) in [6.45, 7) is 0.129. The topological polar surface area (TPSA) is 60.4 Å². The molecular formula is C22H18O4S. The molecule has 3 aromatic rings. The molecule has 1 heterocycles. The predicted octanol–water partition coefficient (Wildman–Crippen LogP) is 4.80. The molecule has 4 nitrogen and oxygen atoms in total. The summed E-state index contributed by atoms with van der Waals surface area (Å²) in [7, 11) is 0. The number of Topliss-reactive ketones (excluding diaryl/α,β-unsaturated/α-hetero) is 1. The molecule has 1 aromatic heterocycles. The van der Waals surface area contributed by atoms with E-state index in [1.54, 1.807) is 54.6 Å². The van der Waals surface area contributed by atoms with E-state index in [4.69, 9.17) is 4.74 Å². The number of rotatable bonds is 8. The zero-order chi connectivity index (χ0) is 19.1. The lowest BCUT2D eigenvalue weighted by atomic mass is 9.98. The molecule has 0 N–H and O–H groups in total. The molecular weight excluding hydrogens is 360 g/mol. The fourth-order valence-electron chi connectivity index (χ4n) is 2.64. The number of hydrogen-bond donors (Lipinski definition) is 0. The van der Waals surface area contributed by atoms with Gasteiger partial charge in [-0.15, -0.1) is 11.3 Å². The van der Waals surface area contributed by atoms with E-state index in [0.717, 1.165) is 0 Å². The van der Waals surface area contributed by atoms with Crippen LogP contribution in [0.5, 0.6) is 0 Å². The van der Waals surface area contributed by atoms with Crippen molar-refractivity contribution in [1.82, 2.24) is 0 Å². The van der Waals surface area contributed by atoms with Crippen molar-refractivity contribution >= 4 is 28.9 Å². The van der Waals surface area contributed by atoms with Crippen molar-refractivity contribution in [3.8, 4) is 0 Å². The minimum atomic E-state index is -0.557. The summed E-state index contributed by atoms with van der Waals surface area (Å²) >= 11 is 1.40. The van der Waals surface area contributed by atoms with Crippen molar-refractivity contribution in [2.45, 2.75) is 12.8 Å². The van der Waals surface area contributed by atoms with Crippen molar-refractivity contribution in [2.75, 3.05) is 6.61 Å². The van der Waals surface area contributed by atoms with E-state index in [9.17, 15) is 14.4 Å².